The van der Waals surface area contributed by atoms with Crippen molar-refractivity contribution in [2.45, 2.75) is 18.8 Å². The number of para-hydroxylation sites is 1. The number of halogens is 1. The molecule has 32 heavy (non-hydrogen) atoms. The molecule has 0 bridgehead atoms. The summed E-state index contributed by atoms with van der Waals surface area (Å²) in [6.45, 7) is 1.83. The van der Waals surface area contributed by atoms with Crippen LogP contribution in [0.3, 0.4) is 0 Å². The van der Waals surface area contributed by atoms with Crippen LogP contribution >= 0.6 is 11.6 Å². The lowest BCUT2D eigenvalue weighted by molar-refractivity contribution is 0.262. The Bertz CT molecular complexity index is 1260. The van der Waals surface area contributed by atoms with E-state index in [1.54, 1.807) is 18.5 Å². The Morgan fingerprint density at radius 1 is 1.09 bits per heavy atom. The van der Waals surface area contributed by atoms with Crippen LogP contribution in [0.15, 0.2) is 67.1 Å². The first kappa shape index (κ1) is 20.3. The summed E-state index contributed by atoms with van der Waals surface area (Å²) in [5.74, 6) is 1.32. The molecule has 3 heterocycles. The van der Waals surface area contributed by atoms with Crippen molar-refractivity contribution in [3.8, 4) is 0 Å². The molecular formula is C24H23ClN6O. The molecule has 0 radical (unpaired) electrons. The van der Waals surface area contributed by atoms with E-state index in [1.807, 2.05) is 42.6 Å². The zero-order valence-electron chi connectivity index (χ0n) is 17.4. The topological polar surface area (TPSA) is 85.9 Å². The largest absolute Gasteiger partial charge is 0.355 e. The number of H-pyrrole nitrogens is 1. The molecule has 3 N–H and O–H groups in total. The summed E-state index contributed by atoms with van der Waals surface area (Å²) >= 11 is 6.13. The maximum absolute atomic E-state index is 12.5. The number of aromatic amines is 1. The number of amides is 2. The quantitative estimate of drug-likeness (QED) is 0.378. The summed E-state index contributed by atoms with van der Waals surface area (Å²) in [4.78, 5) is 26.8. The number of benzene rings is 2. The van der Waals surface area contributed by atoms with E-state index in [0.29, 0.717) is 16.6 Å². The Morgan fingerprint density at radius 2 is 2.00 bits per heavy atom. The Morgan fingerprint density at radius 3 is 2.91 bits per heavy atom. The van der Waals surface area contributed by atoms with E-state index in [1.165, 1.54) is 5.56 Å². The molecule has 2 aromatic carbocycles. The molecule has 4 aromatic rings. The van der Waals surface area contributed by atoms with Gasteiger partial charge >= 0.3 is 6.03 Å². The van der Waals surface area contributed by atoms with Crippen LogP contribution in [0.1, 0.15) is 24.3 Å². The van der Waals surface area contributed by atoms with Crippen LogP contribution in [-0.4, -0.2) is 34.1 Å². The summed E-state index contributed by atoms with van der Waals surface area (Å²) in [5.41, 5.74) is 3.38. The van der Waals surface area contributed by atoms with Gasteiger partial charge in [0, 0.05) is 30.9 Å². The highest BCUT2D eigenvalue weighted by atomic mass is 35.5. The third-order valence-corrected chi connectivity index (χ3v) is 6.12. The summed E-state index contributed by atoms with van der Waals surface area (Å²) in [7, 11) is 0. The number of carbonyl (C=O) groups is 1. The molecule has 0 saturated carbocycles. The lowest BCUT2D eigenvalue weighted by Gasteiger charge is -2.34. The average Bonchev–Trinajstić information content (AvgIpc) is 3.30. The van der Waals surface area contributed by atoms with E-state index >= 15 is 0 Å². The highest BCUT2D eigenvalue weighted by Gasteiger charge is 2.24. The van der Waals surface area contributed by atoms with E-state index in [9.17, 15) is 4.79 Å². The molecule has 2 aromatic heterocycles. The number of fused-ring (bicyclic) bond motifs is 1. The van der Waals surface area contributed by atoms with Crippen LogP contribution in [0.4, 0.5) is 22.0 Å². The third-order valence-electron chi connectivity index (χ3n) is 5.79. The summed E-state index contributed by atoms with van der Waals surface area (Å²) in [6, 6.07) is 16.9. The highest BCUT2D eigenvalue weighted by Crippen LogP contribution is 2.32. The number of piperidine rings is 1. The highest BCUT2D eigenvalue weighted by molar-refractivity contribution is 6.33. The van der Waals surface area contributed by atoms with E-state index < -0.39 is 0 Å². The molecule has 0 aliphatic carbocycles. The average molecular weight is 447 g/mol. The first-order valence-electron chi connectivity index (χ1n) is 10.6. The van der Waals surface area contributed by atoms with Crippen molar-refractivity contribution in [1.29, 1.82) is 0 Å². The van der Waals surface area contributed by atoms with Gasteiger partial charge in [-0.2, -0.15) is 0 Å². The van der Waals surface area contributed by atoms with Crippen molar-refractivity contribution in [3.63, 3.8) is 0 Å². The van der Waals surface area contributed by atoms with Crippen LogP contribution in [0, 0.1) is 0 Å². The number of nitrogens with one attached hydrogen (secondary N) is 3. The zero-order valence-corrected chi connectivity index (χ0v) is 18.1. The molecule has 7 nitrogen and oxygen atoms in total. The summed E-state index contributed by atoms with van der Waals surface area (Å²) in [5, 5.41) is 7.25. The second-order valence-electron chi connectivity index (χ2n) is 7.91. The number of carbonyl (C=O) groups excluding carboxylic acids is 1. The molecule has 1 fully saturated rings. The van der Waals surface area contributed by atoms with Gasteiger partial charge in [0.2, 0.25) is 0 Å². The molecule has 1 atom stereocenters. The molecule has 2 amide bonds. The summed E-state index contributed by atoms with van der Waals surface area (Å²) < 4.78 is 0. The van der Waals surface area contributed by atoms with Crippen molar-refractivity contribution in [1.82, 2.24) is 15.0 Å². The van der Waals surface area contributed by atoms with E-state index in [0.717, 1.165) is 48.5 Å². The third kappa shape index (κ3) is 4.24. The van der Waals surface area contributed by atoms with E-state index in [-0.39, 0.29) is 6.03 Å². The molecule has 0 spiro atoms. The number of aromatic nitrogens is 3. The Balaban J connectivity index is 1.30. The van der Waals surface area contributed by atoms with Gasteiger partial charge in [0.25, 0.3) is 0 Å². The molecular weight excluding hydrogens is 424 g/mol. The minimum absolute atomic E-state index is 0.323. The minimum atomic E-state index is -0.323. The first-order valence-corrected chi connectivity index (χ1v) is 11.0. The second-order valence-corrected chi connectivity index (χ2v) is 8.31. The SMILES string of the molecule is O=C(Nc1cccc(C2CCCN(c3ncnc4[nH]ccc34)C2)c1)Nc1ccccc1Cl. The van der Waals surface area contributed by atoms with E-state index in [2.05, 4.69) is 36.6 Å². The fourth-order valence-corrected chi connectivity index (χ4v) is 4.45. The maximum atomic E-state index is 12.5. The smallest absolute Gasteiger partial charge is 0.323 e. The predicted molar refractivity (Wildman–Crippen MR) is 129 cm³/mol. The molecule has 1 unspecified atom stereocenters. The van der Waals surface area contributed by atoms with Gasteiger partial charge in [-0.3, -0.25) is 0 Å². The predicted octanol–water partition coefficient (Wildman–Crippen LogP) is 5.64. The Hall–Kier alpha value is -3.58. The first-order chi connectivity index (χ1) is 15.7. The maximum Gasteiger partial charge on any atom is 0.323 e. The van der Waals surface area contributed by atoms with Gasteiger partial charge in [0.05, 0.1) is 16.1 Å². The normalized spacial score (nSPS) is 16.2. The van der Waals surface area contributed by atoms with Crippen molar-refractivity contribution in [2.75, 3.05) is 28.6 Å². The number of hydrogen-bond donors (Lipinski definition) is 3. The zero-order chi connectivity index (χ0) is 21.9. The minimum Gasteiger partial charge on any atom is -0.355 e. The van der Waals surface area contributed by atoms with Crippen LogP contribution in [-0.2, 0) is 0 Å². The number of rotatable bonds is 4. The second kappa shape index (κ2) is 8.88. The molecule has 1 aliphatic rings. The molecule has 1 aliphatic heterocycles. The van der Waals surface area contributed by atoms with Gasteiger partial charge in [0.15, 0.2) is 0 Å². The van der Waals surface area contributed by atoms with Crippen molar-refractivity contribution >= 4 is 45.9 Å². The lowest BCUT2D eigenvalue weighted by atomic mass is 9.90. The van der Waals surface area contributed by atoms with Gasteiger partial charge in [0.1, 0.15) is 17.8 Å². The number of nitrogens with zero attached hydrogens (tertiary/aromatic N) is 3. The fourth-order valence-electron chi connectivity index (χ4n) is 4.27. The molecule has 5 rings (SSSR count). The van der Waals surface area contributed by atoms with Crippen molar-refractivity contribution in [3.05, 3.63) is 77.7 Å². The van der Waals surface area contributed by atoms with Gasteiger partial charge in [-0.05, 0) is 48.7 Å². The van der Waals surface area contributed by atoms with Crippen molar-refractivity contribution < 1.29 is 4.79 Å². The van der Waals surface area contributed by atoms with Crippen LogP contribution in [0.5, 0.6) is 0 Å². The molecule has 1 saturated heterocycles. The number of hydrogen-bond acceptors (Lipinski definition) is 4. The number of anilines is 3. The van der Waals surface area contributed by atoms with Crippen molar-refractivity contribution in [2.24, 2.45) is 0 Å². The Labute approximate surface area is 190 Å². The lowest BCUT2D eigenvalue weighted by Crippen LogP contribution is -2.35. The van der Waals surface area contributed by atoms with Gasteiger partial charge in [-0.1, -0.05) is 35.9 Å². The van der Waals surface area contributed by atoms with Crippen LogP contribution in [0.2, 0.25) is 5.02 Å². The Kier molecular flexibility index (Phi) is 5.64. The van der Waals surface area contributed by atoms with Gasteiger partial charge in [-0.15, -0.1) is 0 Å². The van der Waals surface area contributed by atoms with Crippen LogP contribution < -0.4 is 15.5 Å². The monoisotopic (exact) mass is 446 g/mol. The van der Waals surface area contributed by atoms with Gasteiger partial charge in [-0.25, -0.2) is 14.8 Å². The van der Waals surface area contributed by atoms with Crippen LogP contribution in [0.25, 0.3) is 11.0 Å². The summed E-state index contributed by atoms with van der Waals surface area (Å²) in [6.07, 6.45) is 5.67. The van der Waals surface area contributed by atoms with E-state index in [4.69, 9.17) is 11.6 Å². The molecule has 8 heteroatoms. The number of urea groups is 1. The van der Waals surface area contributed by atoms with Gasteiger partial charge < -0.3 is 20.5 Å². The standard InChI is InChI=1S/C24H23ClN6O/c25-20-8-1-2-9-21(20)30-24(32)29-18-7-3-5-16(13-18)17-6-4-12-31(14-17)23-19-10-11-26-22(19)27-15-28-23/h1-3,5,7-11,13,15,17H,4,6,12,14H2,(H,26,27,28)(H2,29,30,32). The fraction of sp³-hybridized carbons (Fsp3) is 0.208. The molecule has 162 valence electrons.